The Morgan fingerprint density at radius 1 is 1.00 bits per heavy atom. The summed E-state index contributed by atoms with van der Waals surface area (Å²) in [4.78, 5) is 24.1. The van der Waals surface area contributed by atoms with E-state index in [0.29, 0.717) is 28.4 Å². The molecule has 2 N–H and O–H groups in total. The number of carbonyl (C=O) groups is 2. The number of aromatic nitrogens is 2. The fraction of sp³-hybridized carbons (Fsp3) is 0.0909. The molecule has 0 spiro atoms. The number of benzene rings is 2. The molecule has 2 aromatic heterocycles. The summed E-state index contributed by atoms with van der Waals surface area (Å²) < 4.78 is 10.6. The number of amides is 2. The molecule has 4 rings (SSSR count). The van der Waals surface area contributed by atoms with Crippen molar-refractivity contribution in [3.63, 3.8) is 0 Å². The number of halogens is 1. The zero-order valence-corrected chi connectivity index (χ0v) is 18.2. The second kappa shape index (κ2) is 10.2. The topological polar surface area (TPSA) is 110 Å². The van der Waals surface area contributed by atoms with Crippen LogP contribution in [-0.4, -0.2) is 27.8 Å². The Morgan fingerprint density at radius 2 is 1.78 bits per heavy atom. The molecular weight excluding hydrogens is 452 g/mol. The van der Waals surface area contributed by atoms with Crippen molar-refractivity contribution in [2.45, 2.75) is 11.8 Å². The first-order chi connectivity index (χ1) is 15.6. The highest BCUT2D eigenvalue weighted by molar-refractivity contribution is 7.99. The van der Waals surface area contributed by atoms with E-state index < -0.39 is 0 Å². The lowest BCUT2D eigenvalue weighted by atomic mass is 10.2. The minimum atomic E-state index is -0.326. The third-order valence-electron chi connectivity index (χ3n) is 4.27. The van der Waals surface area contributed by atoms with E-state index in [4.69, 9.17) is 20.4 Å². The number of rotatable bonds is 8. The van der Waals surface area contributed by atoms with Gasteiger partial charge in [-0.2, -0.15) is 0 Å². The van der Waals surface area contributed by atoms with Crippen LogP contribution in [0, 0.1) is 0 Å². The van der Waals surface area contributed by atoms with E-state index in [1.54, 1.807) is 48.5 Å². The number of thioether (sulfide) groups is 1. The molecule has 0 bridgehead atoms. The molecule has 32 heavy (non-hydrogen) atoms. The number of hydrogen-bond donors (Lipinski definition) is 2. The minimum absolute atomic E-state index is 0.138. The fourth-order valence-corrected chi connectivity index (χ4v) is 3.38. The molecular formula is C22H17ClN4O4S. The van der Waals surface area contributed by atoms with Crippen molar-refractivity contribution >= 4 is 40.9 Å². The molecule has 4 aromatic rings. The second-order valence-electron chi connectivity index (χ2n) is 6.57. The molecule has 0 aliphatic rings. The highest BCUT2D eigenvalue weighted by Crippen LogP contribution is 2.24. The second-order valence-corrected chi connectivity index (χ2v) is 7.94. The lowest BCUT2D eigenvalue weighted by Crippen LogP contribution is -2.24. The van der Waals surface area contributed by atoms with Gasteiger partial charge in [0.15, 0.2) is 5.76 Å². The van der Waals surface area contributed by atoms with Crippen molar-refractivity contribution in [2.24, 2.45) is 0 Å². The van der Waals surface area contributed by atoms with Crippen LogP contribution in [0.1, 0.15) is 16.1 Å². The first-order valence-electron chi connectivity index (χ1n) is 9.49. The first-order valence-corrected chi connectivity index (χ1v) is 10.9. The average Bonchev–Trinajstić information content (AvgIpc) is 3.50. The number of hydrogen-bond acceptors (Lipinski definition) is 7. The molecule has 2 aromatic carbocycles. The molecule has 0 saturated heterocycles. The van der Waals surface area contributed by atoms with Crippen molar-refractivity contribution in [3.8, 4) is 11.5 Å². The molecule has 0 aliphatic heterocycles. The quantitative estimate of drug-likeness (QED) is 0.362. The summed E-state index contributed by atoms with van der Waals surface area (Å²) in [7, 11) is 0. The Kier molecular flexibility index (Phi) is 6.88. The maximum Gasteiger partial charge on any atom is 0.291 e. The van der Waals surface area contributed by atoms with Gasteiger partial charge in [0, 0.05) is 22.8 Å². The van der Waals surface area contributed by atoms with E-state index in [0.717, 1.165) is 22.9 Å². The molecule has 0 saturated carbocycles. The van der Waals surface area contributed by atoms with Crippen LogP contribution in [0.2, 0.25) is 5.02 Å². The van der Waals surface area contributed by atoms with Crippen molar-refractivity contribution < 1.29 is 18.4 Å². The van der Waals surface area contributed by atoms with Crippen LogP contribution in [0.15, 0.2) is 81.0 Å². The monoisotopic (exact) mass is 468 g/mol. The average molecular weight is 469 g/mol. The maximum atomic E-state index is 12.1. The molecule has 0 fully saturated rings. The third-order valence-corrected chi connectivity index (χ3v) is 5.34. The number of furan rings is 1. The molecule has 8 nitrogen and oxygen atoms in total. The Bertz CT molecular complexity index is 1190. The number of carbonyl (C=O) groups excluding carboxylic acids is 2. The zero-order chi connectivity index (χ0) is 22.3. The Labute approximate surface area is 192 Å². The predicted octanol–water partition coefficient (Wildman–Crippen LogP) is 4.64. The summed E-state index contributed by atoms with van der Waals surface area (Å²) in [5.74, 6) is 0.244. The number of nitrogens with zero attached hydrogens (tertiary/aromatic N) is 2. The van der Waals surface area contributed by atoms with E-state index in [-0.39, 0.29) is 23.3 Å². The highest BCUT2D eigenvalue weighted by Gasteiger charge is 2.12. The number of anilines is 1. The zero-order valence-electron chi connectivity index (χ0n) is 16.6. The highest BCUT2D eigenvalue weighted by atomic mass is 35.5. The van der Waals surface area contributed by atoms with Gasteiger partial charge in [-0.05, 0) is 54.1 Å². The summed E-state index contributed by atoms with van der Waals surface area (Å²) in [6, 6.07) is 17.4. The van der Waals surface area contributed by atoms with Gasteiger partial charge in [0.25, 0.3) is 11.1 Å². The van der Waals surface area contributed by atoms with Crippen molar-refractivity contribution in [2.75, 3.05) is 11.1 Å². The van der Waals surface area contributed by atoms with E-state index in [1.807, 2.05) is 12.1 Å². The molecule has 162 valence electrons. The summed E-state index contributed by atoms with van der Waals surface area (Å²) in [5, 5.41) is 14.4. The maximum absolute atomic E-state index is 12.1. The van der Waals surface area contributed by atoms with Gasteiger partial charge in [-0.1, -0.05) is 35.5 Å². The van der Waals surface area contributed by atoms with Crippen LogP contribution < -0.4 is 10.6 Å². The summed E-state index contributed by atoms with van der Waals surface area (Å²) >= 11 is 7.03. The largest absolute Gasteiger partial charge is 0.459 e. The van der Waals surface area contributed by atoms with E-state index in [9.17, 15) is 9.59 Å². The van der Waals surface area contributed by atoms with Gasteiger partial charge in [-0.25, -0.2) is 0 Å². The van der Waals surface area contributed by atoms with Crippen LogP contribution in [-0.2, 0) is 11.3 Å². The molecule has 0 aliphatic carbocycles. The SMILES string of the molecule is O=C(CSc1nnc(-c2ccc(Cl)cc2)o1)NCc1ccc(NC(=O)c2ccco2)cc1. The van der Waals surface area contributed by atoms with Gasteiger partial charge >= 0.3 is 0 Å². The molecule has 0 atom stereocenters. The van der Waals surface area contributed by atoms with Crippen molar-refractivity contribution in [1.29, 1.82) is 0 Å². The summed E-state index contributed by atoms with van der Waals surface area (Å²) in [5.41, 5.74) is 2.27. The smallest absolute Gasteiger partial charge is 0.291 e. The summed E-state index contributed by atoms with van der Waals surface area (Å²) in [6.45, 7) is 0.353. The predicted molar refractivity (Wildman–Crippen MR) is 120 cm³/mol. The molecule has 2 amide bonds. The lowest BCUT2D eigenvalue weighted by molar-refractivity contribution is -0.118. The summed E-state index contributed by atoms with van der Waals surface area (Å²) in [6.07, 6.45) is 1.44. The van der Waals surface area contributed by atoms with E-state index >= 15 is 0 Å². The van der Waals surface area contributed by atoms with Gasteiger partial charge in [0.05, 0.1) is 12.0 Å². The Hall–Kier alpha value is -3.56. The molecule has 10 heteroatoms. The van der Waals surface area contributed by atoms with E-state index in [2.05, 4.69) is 20.8 Å². The normalized spacial score (nSPS) is 10.7. The molecule has 0 unspecified atom stereocenters. The van der Waals surface area contributed by atoms with Crippen LogP contribution in [0.4, 0.5) is 5.69 Å². The Morgan fingerprint density at radius 3 is 2.50 bits per heavy atom. The molecule has 2 heterocycles. The van der Waals surface area contributed by atoms with Crippen molar-refractivity contribution in [1.82, 2.24) is 15.5 Å². The first kappa shape index (κ1) is 21.7. The molecule has 0 radical (unpaired) electrons. The van der Waals surface area contributed by atoms with Crippen LogP contribution >= 0.6 is 23.4 Å². The van der Waals surface area contributed by atoms with Crippen LogP contribution in [0.25, 0.3) is 11.5 Å². The fourth-order valence-electron chi connectivity index (χ4n) is 2.66. The third kappa shape index (κ3) is 5.77. The minimum Gasteiger partial charge on any atom is -0.459 e. The van der Waals surface area contributed by atoms with E-state index in [1.165, 1.54) is 6.26 Å². The standard InChI is InChI=1S/C22H17ClN4O4S/c23-16-7-5-15(6-8-16)21-26-27-22(31-21)32-13-19(28)24-12-14-3-9-17(10-4-14)25-20(29)18-2-1-11-30-18/h1-11H,12-13H2,(H,24,28)(H,25,29). The Balaban J connectivity index is 1.22. The number of nitrogens with one attached hydrogen (secondary N) is 2. The van der Waals surface area contributed by atoms with Gasteiger partial charge in [0.2, 0.25) is 11.8 Å². The van der Waals surface area contributed by atoms with Crippen molar-refractivity contribution in [3.05, 3.63) is 83.3 Å². The lowest BCUT2D eigenvalue weighted by Gasteiger charge is -2.07. The van der Waals surface area contributed by atoms with Crippen LogP contribution in [0.3, 0.4) is 0 Å². The van der Waals surface area contributed by atoms with Gasteiger partial charge in [-0.3, -0.25) is 9.59 Å². The van der Waals surface area contributed by atoms with Crippen LogP contribution in [0.5, 0.6) is 0 Å². The van der Waals surface area contributed by atoms with Gasteiger partial charge < -0.3 is 19.5 Å². The van der Waals surface area contributed by atoms with Gasteiger partial charge in [-0.15, -0.1) is 10.2 Å². The van der Waals surface area contributed by atoms with Gasteiger partial charge in [0.1, 0.15) is 0 Å².